The van der Waals surface area contributed by atoms with Gasteiger partial charge in [-0.3, -0.25) is 4.79 Å². The molecule has 100 valence electrons. The smallest absolute Gasteiger partial charge is 0.251 e. The first kappa shape index (κ1) is 14.1. The second-order valence-corrected chi connectivity index (χ2v) is 5.84. The van der Waals surface area contributed by atoms with E-state index < -0.39 is 5.82 Å². The van der Waals surface area contributed by atoms with Crippen molar-refractivity contribution in [1.82, 2.24) is 5.32 Å². The van der Waals surface area contributed by atoms with E-state index in [4.69, 9.17) is 0 Å². The summed E-state index contributed by atoms with van der Waals surface area (Å²) in [5.41, 5.74) is 0.421. The maximum Gasteiger partial charge on any atom is 0.251 e. The number of halogens is 1. The molecule has 0 spiro atoms. The number of hydrogen-bond acceptors (Lipinski definition) is 3. The lowest BCUT2D eigenvalue weighted by Gasteiger charge is -2.13. The van der Waals surface area contributed by atoms with Gasteiger partial charge in [0, 0.05) is 27.8 Å². The normalized spacial score (nSPS) is 12.2. The Hall–Kier alpha value is -1.33. The van der Waals surface area contributed by atoms with Crippen LogP contribution < -0.4 is 5.32 Å². The predicted molar refractivity (Wildman–Crippen MR) is 78.6 cm³/mol. The lowest BCUT2D eigenvalue weighted by Crippen LogP contribution is -2.33. The van der Waals surface area contributed by atoms with E-state index in [2.05, 4.69) is 17.9 Å². The Bertz CT molecular complexity index is 569. The van der Waals surface area contributed by atoms with Crippen LogP contribution >= 0.6 is 24.0 Å². The first-order valence-electron chi connectivity index (χ1n) is 5.88. The van der Waals surface area contributed by atoms with Crippen molar-refractivity contribution >= 4 is 29.9 Å². The molecule has 0 fully saturated rings. The summed E-state index contributed by atoms with van der Waals surface area (Å²) < 4.78 is 13.1. The van der Waals surface area contributed by atoms with Gasteiger partial charge >= 0.3 is 0 Å². The van der Waals surface area contributed by atoms with Crippen LogP contribution in [0.3, 0.4) is 0 Å². The largest absolute Gasteiger partial charge is 0.349 e. The lowest BCUT2D eigenvalue weighted by molar-refractivity contribution is 0.0940. The topological polar surface area (TPSA) is 29.1 Å². The van der Waals surface area contributed by atoms with Gasteiger partial charge in [0.15, 0.2) is 0 Å². The third-order valence-electron chi connectivity index (χ3n) is 2.67. The molecule has 0 aliphatic carbocycles. The van der Waals surface area contributed by atoms with Gasteiger partial charge in [-0.05, 0) is 36.6 Å². The Balaban J connectivity index is 1.98. The van der Waals surface area contributed by atoms with Crippen LogP contribution in [0.1, 0.15) is 22.2 Å². The highest BCUT2D eigenvalue weighted by molar-refractivity contribution is 7.80. The van der Waals surface area contributed by atoms with Gasteiger partial charge in [-0.1, -0.05) is 6.07 Å². The van der Waals surface area contributed by atoms with Crippen molar-refractivity contribution in [2.45, 2.75) is 24.3 Å². The fourth-order valence-corrected chi connectivity index (χ4v) is 2.79. The van der Waals surface area contributed by atoms with Gasteiger partial charge in [0.1, 0.15) is 5.82 Å². The molecule has 1 unspecified atom stereocenters. The van der Waals surface area contributed by atoms with Gasteiger partial charge in [0.25, 0.3) is 5.91 Å². The number of nitrogens with one attached hydrogen (secondary N) is 1. The molecule has 1 amide bonds. The van der Waals surface area contributed by atoms with Crippen LogP contribution in [0.15, 0.2) is 40.6 Å². The second kappa shape index (κ2) is 6.21. The number of thiol groups is 1. The van der Waals surface area contributed by atoms with Crippen molar-refractivity contribution in [2.75, 3.05) is 0 Å². The third kappa shape index (κ3) is 3.81. The van der Waals surface area contributed by atoms with E-state index >= 15 is 0 Å². The van der Waals surface area contributed by atoms with Crippen LogP contribution in [-0.4, -0.2) is 11.9 Å². The van der Waals surface area contributed by atoms with Crippen molar-refractivity contribution in [1.29, 1.82) is 0 Å². The molecule has 2 rings (SSSR count). The average Bonchev–Trinajstić information content (AvgIpc) is 2.85. The summed E-state index contributed by atoms with van der Waals surface area (Å²) in [6, 6.07) is 8.20. The summed E-state index contributed by atoms with van der Waals surface area (Å²) >= 11 is 5.64. The second-order valence-electron chi connectivity index (χ2n) is 4.32. The summed E-state index contributed by atoms with van der Waals surface area (Å²) in [4.78, 5) is 13.4. The highest BCUT2D eigenvalue weighted by atomic mass is 32.1. The van der Waals surface area contributed by atoms with Gasteiger partial charge in [-0.15, -0.1) is 24.0 Å². The standard InChI is InChI=1S/C14H14FNOS2/c1-9(7-11-3-2-6-19-11)16-14(17)10-4-5-12(15)13(18)8-10/h2-6,8-9,18H,7H2,1H3,(H,16,17). The van der Waals surface area contributed by atoms with E-state index in [9.17, 15) is 9.18 Å². The third-order valence-corrected chi connectivity index (χ3v) is 3.91. The first-order chi connectivity index (χ1) is 9.06. The molecule has 0 aliphatic rings. The molecule has 0 saturated carbocycles. The minimum atomic E-state index is -0.425. The molecular weight excluding hydrogens is 281 g/mol. The molecule has 1 heterocycles. The number of carbonyl (C=O) groups is 1. The highest BCUT2D eigenvalue weighted by Gasteiger charge is 2.12. The van der Waals surface area contributed by atoms with Gasteiger partial charge in [-0.25, -0.2) is 4.39 Å². The van der Waals surface area contributed by atoms with Crippen molar-refractivity contribution in [3.05, 3.63) is 52.0 Å². The summed E-state index contributed by atoms with van der Waals surface area (Å²) in [7, 11) is 0. The lowest BCUT2D eigenvalue weighted by atomic mass is 10.1. The van der Waals surface area contributed by atoms with Gasteiger partial charge in [0.2, 0.25) is 0 Å². The maximum atomic E-state index is 13.1. The zero-order chi connectivity index (χ0) is 13.8. The fraction of sp³-hybridized carbons (Fsp3) is 0.214. The molecule has 2 aromatic rings. The van der Waals surface area contributed by atoms with Gasteiger partial charge < -0.3 is 5.32 Å². The number of thiophene rings is 1. The fourth-order valence-electron chi connectivity index (χ4n) is 1.74. The summed E-state index contributed by atoms with van der Waals surface area (Å²) in [6.45, 7) is 1.95. The molecule has 0 saturated heterocycles. The average molecular weight is 295 g/mol. The Kier molecular flexibility index (Phi) is 4.61. The molecular formula is C14H14FNOS2. The summed E-state index contributed by atoms with van der Waals surface area (Å²) in [5.74, 6) is -0.633. The molecule has 1 atom stereocenters. The predicted octanol–water partition coefficient (Wildman–Crippen LogP) is 3.54. The van der Waals surface area contributed by atoms with Crippen molar-refractivity contribution in [2.24, 2.45) is 0 Å². The van der Waals surface area contributed by atoms with Crippen LogP contribution in [0, 0.1) is 5.82 Å². The van der Waals surface area contributed by atoms with Crippen LogP contribution in [-0.2, 0) is 6.42 Å². The number of carbonyl (C=O) groups excluding carboxylic acids is 1. The zero-order valence-electron chi connectivity index (χ0n) is 10.4. The van der Waals surface area contributed by atoms with Crippen LogP contribution in [0.2, 0.25) is 0 Å². The van der Waals surface area contributed by atoms with E-state index in [-0.39, 0.29) is 16.8 Å². The van der Waals surface area contributed by atoms with Crippen LogP contribution in [0.4, 0.5) is 4.39 Å². The zero-order valence-corrected chi connectivity index (χ0v) is 12.1. The van der Waals surface area contributed by atoms with Gasteiger partial charge in [-0.2, -0.15) is 0 Å². The molecule has 0 bridgehead atoms. The number of benzene rings is 1. The van der Waals surface area contributed by atoms with E-state index in [0.717, 1.165) is 6.42 Å². The van der Waals surface area contributed by atoms with Crippen molar-refractivity contribution < 1.29 is 9.18 Å². The highest BCUT2D eigenvalue weighted by Crippen LogP contribution is 2.15. The Labute approximate surface area is 121 Å². The van der Waals surface area contributed by atoms with Crippen LogP contribution in [0.25, 0.3) is 0 Å². The van der Waals surface area contributed by atoms with Gasteiger partial charge in [0.05, 0.1) is 0 Å². The van der Waals surface area contributed by atoms with E-state index in [1.54, 1.807) is 11.3 Å². The molecule has 19 heavy (non-hydrogen) atoms. The summed E-state index contributed by atoms with van der Waals surface area (Å²) in [6.07, 6.45) is 0.790. The minimum absolute atomic E-state index is 0.0274. The molecule has 1 aromatic carbocycles. The molecule has 1 N–H and O–H groups in total. The number of rotatable bonds is 4. The Morgan fingerprint density at radius 2 is 2.26 bits per heavy atom. The maximum absolute atomic E-state index is 13.1. The number of hydrogen-bond donors (Lipinski definition) is 2. The minimum Gasteiger partial charge on any atom is -0.349 e. The van der Waals surface area contributed by atoms with E-state index in [1.165, 1.54) is 23.1 Å². The molecule has 5 heteroatoms. The quantitative estimate of drug-likeness (QED) is 0.830. The Morgan fingerprint density at radius 3 is 2.89 bits per heavy atom. The van der Waals surface area contributed by atoms with E-state index in [1.807, 2.05) is 24.4 Å². The number of amides is 1. The van der Waals surface area contributed by atoms with Crippen LogP contribution in [0.5, 0.6) is 0 Å². The first-order valence-corrected chi connectivity index (χ1v) is 7.20. The monoisotopic (exact) mass is 295 g/mol. The van der Waals surface area contributed by atoms with E-state index in [0.29, 0.717) is 5.56 Å². The Morgan fingerprint density at radius 1 is 1.47 bits per heavy atom. The summed E-state index contributed by atoms with van der Waals surface area (Å²) in [5, 5.41) is 4.90. The molecule has 2 nitrogen and oxygen atoms in total. The SMILES string of the molecule is CC(Cc1cccs1)NC(=O)c1ccc(F)c(S)c1. The van der Waals surface area contributed by atoms with Crippen molar-refractivity contribution in [3.8, 4) is 0 Å². The molecule has 0 aliphatic heterocycles. The molecule has 1 aromatic heterocycles. The molecule has 0 radical (unpaired) electrons. The van der Waals surface area contributed by atoms with Crippen molar-refractivity contribution in [3.63, 3.8) is 0 Å².